The third kappa shape index (κ3) is 14.0. The number of fused-ring (bicyclic) bond motifs is 4. The molecule has 29 heteroatoms. The third-order valence-electron chi connectivity index (χ3n) is 22.1. The quantitative estimate of drug-likeness (QED) is 0.167. The van der Waals surface area contributed by atoms with Crippen molar-refractivity contribution in [1.82, 2.24) is 59.1 Å². The third-order valence-corrected chi connectivity index (χ3v) is 22.1. The molecule has 4 saturated carbocycles. The number of nitrogens with one attached hydrogen (secondary N) is 4. The first-order chi connectivity index (χ1) is 48.1. The van der Waals surface area contributed by atoms with Crippen LogP contribution in [-0.2, 0) is 19.1 Å². The van der Waals surface area contributed by atoms with Crippen molar-refractivity contribution in [3.8, 4) is 23.0 Å². The number of anilines is 4. The van der Waals surface area contributed by atoms with E-state index in [1.807, 2.05) is 40.5 Å². The molecule has 8 amide bonds. The minimum absolute atomic E-state index is 0.0202. The van der Waals surface area contributed by atoms with E-state index in [2.05, 4.69) is 41.2 Å². The van der Waals surface area contributed by atoms with Gasteiger partial charge in [0, 0.05) is 117 Å². The number of pyridine rings is 4. The molecule has 10 fully saturated rings. The number of nitrogens with zero attached hydrogens (tertiary/aromatic N) is 12. The molecule has 14 heterocycles. The zero-order valence-corrected chi connectivity index (χ0v) is 57.7. The van der Waals surface area contributed by atoms with Crippen LogP contribution in [0.4, 0.5) is 28.1 Å². The molecule has 6 saturated heterocycles. The Bertz CT molecular complexity index is 3810. The molecule has 29 nitrogen and oxygen atoms in total. The summed E-state index contributed by atoms with van der Waals surface area (Å²) in [6, 6.07) is 7.50. The maximum atomic E-state index is 12.9. The van der Waals surface area contributed by atoms with Gasteiger partial charge in [0.15, 0.2) is 46.3 Å². The van der Waals surface area contributed by atoms with Crippen molar-refractivity contribution in [3.63, 3.8) is 0 Å². The van der Waals surface area contributed by atoms with Crippen molar-refractivity contribution >= 4 is 70.7 Å². The highest BCUT2D eigenvalue weighted by Crippen LogP contribution is 2.47. The summed E-state index contributed by atoms with van der Waals surface area (Å²) >= 11 is 0. The van der Waals surface area contributed by atoms with Crippen LogP contribution in [-0.4, -0.2) is 265 Å². The Hall–Kier alpha value is -9.44. The lowest BCUT2D eigenvalue weighted by atomic mass is 10.1. The van der Waals surface area contributed by atoms with E-state index in [0.717, 1.165) is 107 Å². The lowest BCUT2D eigenvalue weighted by molar-refractivity contribution is -0.133. The highest BCUT2D eigenvalue weighted by Gasteiger charge is 2.50. The van der Waals surface area contributed by atoms with Crippen LogP contribution in [0.3, 0.4) is 0 Å². The van der Waals surface area contributed by atoms with Crippen LogP contribution in [0.5, 0.6) is 23.0 Å². The normalized spacial score (nSPS) is 24.9. The van der Waals surface area contributed by atoms with Gasteiger partial charge < -0.3 is 79.3 Å². The van der Waals surface area contributed by atoms with Gasteiger partial charge in [-0.2, -0.15) is 0 Å². The first-order valence-electron chi connectivity index (χ1n) is 35.6. The number of amides is 8. The van der Waals surface area contributed by atoms with Gasteiger partial charge in [0.25, 0.3) is 23.6 Å². The number of carbonyl (C=O) groups excluding carboxylic acids is 8. The van der Waals surface area contributed by atoms with Gasteiger partial charge in [-0.1, -0.05) is 0 Å². The van der Waals surface area contributed by atoms with Gasteiger partial charge in [0.2, 0.25) is 17.7 Å². The fourth-order valence-corrected chi connectivity index (χ4v) is 14.9. The Balaban J connectivity index is 0.000000108. The molecule has 0 aromatic carbocycles. The highest BCUT2D eigenvalue weighted by atomic mass is 16.6. The molecule has 4 aromatic rings. The van der Waals surface area contributed by atoms with Crippen molar-refractivity contribution in [3.05, 3.63) is 71.3 Å². The van der Waals surface area contributed by atoms with Crippen LogP contribution in [0.2, 0.25) is 0 Å². The minimum atomic E-state index is -0.275. The summed E-state index contributed by atoms with van der Waals surface area (Å²) in [6.07, 6.45) is 19.7. The summed E-state index contributed by atoms with van der Waals surface area (Å²) in [5.74, 6) is 5.92. The van der Waals surface area contributed by atoms with Crippen LogP contribution in [0.15, 0.2) is 49.1 Å². The molecular weight excluding hydrogens is 1280 g/mol. The van der Waals surface area contributed by atoms with E-state index in [1.165, 1.54) is 0 Å². The average Bonchev–Trinajstić information content (AvgIpc) is 1.60. The molecular formula is C71H90N16O13. The van der Waals surface area contributed by atoms with Gasteiger partial charge >= 0.3 is 6.09 Å². The Labute approximate surface area is 580 Å². The van der Waals surface area contributed by atoms with Crippen LogP contribution in [0.1, 0.15) is 152 Å². The number of cyclic esters (lactones) is 1. The van der Waals surface area contributed by atoms with Gasteiger partial charge in [-0.15, -0.1) is 0 Å². The highest BCUT2D eigenvalue weighted by molar-refractivity contribution is 5.97. The van der Waals surface area contributed by atoms with Crippen molar-refractivity contribution in [2.75, 3.05) is 134 Å². The number of likely N-dealkylation sites (N-methyl/N-ethyl adjacent to an activating group) is 2. The predicted octanol–water partition coefficient (Wildman–Crippen LogP) is 5.20. The van der Waals surface area contributed by atoms with E-state index in [1.54, 1.807) is 82.6 Å². The zero-order valence-electron chi connectivity index (χ0n) is 57.7. The molecule has 4 N–H and O–H groups in total. The van der Waals surface area contributed by atoms with Gasteiger partial charge in [0.05, 0.1) is 75.1 Å². The fourth-order valence-electron chi connectivity index (χ4n) is 14.9. The first kappa shape index (κ1) is 66.4. The lowest BCUT2D eigenvalue weighted by Crippen LogP contribution is -2.41. The summed E-state index contributed by atoms with van der Waals surface area (Å²) in [5, 5.41) is 13.6. The van der Waals surface area contributed by atoms with E-state index in [0.29, 0.717) is 149 Å². The van der Waals surface area contributed by atoms with E-state index in [4.69, 9.17) is 23.7 Å². The van der Waals surface area contributed by atoms with Crippen LogP contribution in [0, 0.1) is 5.92 Å². The Morgan fingerprint density at radius 1 is 0.470 bits per heavy atom. The van der Waals surface area contributed by atoms with Gasteiger partial charge in [0.1, 0.15) is 33.0 Å². The summed E-state index contributed by atoms with van der Waals surface area (Å²) in [5.41, 5.74) is 2.19. The number of likely N-dealkylation sites (tertiary alicyclic amines) is 5. The van der Waals surface area contributed by atoms with Crippen molar-refractivity contribution in [2.45, 2.75) is 157 Å². The van der Waals surface area contributed by atoms with Gasteiger partial charge in [-0.25, -0.2) is 24.7 Å². The summed E-state index contributed by atoms with van der Waals surface area (Å²) in [7, 11) is 3.65. The van der Waals surface area contributed by atoms with Gasteiger partial charge in [-0.05, 0) is 122 Å². The molecule has 18 rings (SSSR count). The molecule has 4 aromatic heterocycles. The van der Waals surface area contributed by atoms with Gasteiger partial charge in [-0.3, -0.25) is 38.5 Å². The maximum Gasteiger partial charge on any atom is 0.410 e. The van der Waals surface area contributed by atoms with E-state index in [9.17, 15) is 38.4 Å². The lowest BCUT2D eigenvalue weighted by Gasteiger charge is -2.32. The number of aromatic nitrogens is 4. The maximum absolute atomic E-state index is 12.9. The first-order valence-corrected chi connectivity index (χ1v) is 35.6. The second kappa shape index (κ2) is 26.3. The molecule has 100 heavy (non-hydrogen) atoms. The van der Waals surface area contributed by atoms with E-state index in [-0.39, 0.29) is 99.7 Å². The zero-order chi connectivity index (χ0) is 69.4. The number of hydrogen-bond donors (Lipinski definition) is 4. The minimum Gasteiger partial charge on any atom is -0.487 e. The molecule has 0 unspecified atom stereocenters. The second-order valence-corrected chi connectivity index (χ2v) is 30.3. The van der Waals surface area contributed by atoms with E-state index >= 15 is 0 Å². The van der Waals surface area contributed by atoms with Crippen LogP contribution < -0.4 is 40.2 Å². The number of hydrogen-bond acceptors (Lipinski definition) is 21. The van der Waals surface area contributed by atoms with Crippen molar-refractivity contribution < 1.29 is 62.0 Å². The Morgan fingerprint density at radius 2 is 0.860 bits per heavy atom. The largest absolute Gasteiger partial charge is 0.487 e. The topological polar surface area (TPSA) is 308 Å². The molecule has 4 aliphatic carbocycles. The summed E-state index contributed by atoms with van der Waals surface area (Å²) in [4.78, 5) is 130. The van der Waals surface area contributed by atoms with Crippen molar-refractivity contribution in [1.29, 1.82) is 0 Å². The number of carbonyl (C=O) groups is 8. The monoisotopic (exact) mass is 1370 g/mol. The number of ether oxygens (including phenoxy) is 5. The predicted molar refractivity (Wildman–Crippen MR) is 364 cm³/mol. The summed E-state index contributed by atoms with van der Waals surface area (Å²) < 4.78 is 28.2. The molecule has 14 aliphatic rings. The van der Waals surface area contributed by atoms with E-state index < -0.39 is 0 Å². The molecule has 10 aliphatic heterocycles. The standard InChI is InChI=1S/C19H24N4O3.C18H22N4O3.C17H20N4O4.C17H24N4O3/c1-22(17(24)12-2-3-12)14-4-7-23(10-14)18(25)13-8-15-16(20-9-13)21-19(5-6-19)11-26-15;23-15-2-1-6-22(15)13-3-7-21(10-13)17(24)12-8-14-16(19-9-12)20-18(4-5-18)11-25-14;22-15(20-4-1-12(9-20)21-5-6-24-16(21)23)11-7-13-14(18-8-11)19-17(2-3-17)10-25-13;1-11(22)20(4)13-5-6-21(9-13)16(23)12-7-14-15(18-8-12)19-17(2,3)10-24-14/h8-9,12,14H,2-7,10-11H2,1H3,(H,20,21);8-9,13H,1-7,10-11H2,(H,19,20);7-8,12H,1-6,9-10H2,(H,18,19);7-8,13H,5-6,9-10H2,1-4H3,(H,18,19)/t14-;13-;12-;13-/m0000/s1. The molecule has 0 radical (unpaired) electrons. The SMILES string of the molecule is CC(=O)N(C)[C@H]1CCN(C(=O)c2cnc3c(c2)OCC(C)(C)N3)C1.CN(C(=O)C1CC1)[C@H]1CCN(C(=O)c2cnc3c(c2)OCC2(CC2)N3)C1.O=C(c1cnc2c(c1)OCC1(CC1)N2)N1CC[C@H](N2CCCC2=O)C1.O=C(c1cnc2c(c1)OCC1(CC1)N2)N1CC[C@H](N2CCOC2=O)C1. The fraction of sp³-hybridized carbons (Fsp3) is 0.606. The Morgan fingerprint density at radius 3 is 1.24 bits per heavy atom. The smallest absolute Gasteiger partial charge is 0.410 e. The molecule has 532 valence electrons. The summed E-state index contributed by atoms with van der Waals surface area (Å²) in [6.45, 7) is 14.8. The van der Waals surface area contributed by atoms with Crippen LogP contribution in [0.25, 0.3) is 0 Å². The molecule has 0 bridgehead atoms. The second-order valence-electron chi connectivity index (χ2n) is 30.3. The Kier molecular flexibility index (Phi) is 17.4. The number of rotatable bonds is 9. The molecule has 4 atom stereocenters. The average molecular weight is 1380 g/mol. The van der Waals surface area contributed by atoms with Crippen molar-refractivity contribution in [2.24, 2.45) is 5.92 Å². The van der Waals surface area contributed by atoms with Crippen LogP contribution >= 0.6 is 0 Å². The molecule has 3 spiro atoms.